The van der Waals surface area contributed by atoms with Gasteiger partial charge in [0.2, 0.25) is 0 Å². The highest BCUT2D eigenvalue weighted by Gasteiger charge is 2.00. The summed E-state index contributed by atoms with van der Waals surface area (Å²) in [6, 6.07) is 14.4. The monoisotopic (exact) mass is 341 g/mol. The zero-order valence-corrected chi connectivity index (χ0v) is 12.3. The number of hydrogen-bond donors (Lipinski definition) is 0. The number of halogens is 2. The Morgan fingerprint density at radius 2 is 1.81 bits per heavy atom. The van der Waals surface area contributed by atoms with Crippen LogP contribution in [0.15, 0.2) is 47.1 Å². The van der Waals surface area contributed by atoms with Crippen LogP contribution in [0.5, 0.6) is 0 Å². The van der Waals surface area contributed by atoms with E-state index in [1.165, 1.54) is 11.1 Å². The van der Waals surface area contributed by atoms with Gasteiger partial charge in [-0.15, -0.1) is 17.0 Å². The predicted octanol–water partition coefficient (Wildman–Crippen LogP) is 4.32. The zero-order chi connectivity index (χ0) is 10.7. The first-order chi connectivity index (χ1) is 7.25. The third-order valence-electron chi connectivity index (χ3n) is 2.41. The molecule has 0 fully saturated rings. The molecule has 0 aliphatic heterocycles. The standard InChI is InChI=1S/C13H12BrN.BrH/c1-10-5-2-3-6-11(10)9-12-7-4-8-13(14)15-12;/h2-8H,9H2,1H3;1H. The van der Waals surface area contributed by atoms with Crippen LogP contribution >= 0.6 is 32.9 Å². The number of benzene rings is 1. The van der Waals surface area contributed by atoms with Crippen LogP contribution in [0.3, 0.4) is 0 Å². The summed E-state index contributed by atoms with van der Waals surface area (Å²) in [5.74, 6) is 0. The lowest BCUT2D eigenvalue weighted by Crippen LogP contribution is -1.94. The maximum atomic E-state index is 4.43. The minimum atomic E-state index is 0. The van der Waals surface area contributed by atoms with Crippen LogP contribution in [0.1, 0.15) is 16.8 Å². The molecular weight excluding hydrogens is 330 g/mol. The van der Waals surface area contributed by atoms with Crippen molar-refractivity contribution in [2.75, 3.05) is 0 Å². The summed E-state index contributed by atoms with van der Waals surface area (Å²) in [6.45, 7) is 2.13. The van der Waals surface area contributed by atoms with Crippen molar-refractivity contribution in [3.8, 4) is 0 Å². The lowest BCUT2D eigenvalue weighted by Gasteiger charge is -2.04. The van der Waals surface area contributed by atoms with Crippen LogP contribution in [0.2, 0.25) is 0 Å². The molecule has 0 N–H and O–H groups in total. The van der Waals surface area contributed by atoms with E-state index in [1.54, 1.807) is 0 Å². The maximum Gasteiger partial charge on any atom is 0.106 e. The van der Waals surface area contributed by atoms with E-state index in [2.05, 4.69) is 58.2 Å². The Morgan fingerprint density at radius 3 is 2.50 bits per heavy atom. The van der Waals surface area contributed by atoms with Gasteiger partial charge < -0.3 is 0 Å². The average molecular weight is 343 g/mol. The minimum Gasteiger partial charge on any atom is -0.246 e. The second-order valence-electron chi connectivity index (χ2n) is 3.55. The van der Waals surface area contributed by atoms with Crippen molar-refractivity contribution < 1.29 is 0 Å². The quantitative estimate of drug-likeness (QED) is 0.740. The molecule has 0 amide bonds. The molecule has 3 heteroatoms. The molecule has 0 bridgehead atoms. The molecule has 84 valence electrons. The van der Waals surface area contributed by atoms with E-state index in [1.807, 2.05) is 12.1 Å². The maximum absolute atomic E-state index is 4.43. The summed E-state index contributed by atoms with van der Waals surface area (Å²) in [5, 5.41) is 0. The molecule has 0 radical (unpaired) electrons. The van der Waals surface area contributed by atoms with Gasteiger partial charge in [-0.05, 0) is 46.1 Å². The van der Waals surface area contributed by atoms with Gasteiger partial charge in [0.15, 0.2) is 0 Å². The summed E-state index contributed by atoms with van der Waals surface area (Å²) < 4.78 is 0.897. The third kappa shape index (κ3) is 3.42. The fraction of sp³-hybridized carbons (Fsp3) is 0.154. The second-order valence-corrected chi connectivity index (χ2v) is 4.37. The predicted molar refractivity (Wildman–Crippen MR) is 76.2 cm³/mol. The van der Waals surface area contributed by atoms with Crippen molar-refractivity contribution >= 4 is 32.9 Å². The van der Waals surface area contributed by atoms with E-state index in [0.717, 1.165) is 16.7 Å². The molecule has 0 spiro atoms. The zero-order valence-electron chi connectivity index (χ0n) is 8.98. The van der Waals surface area contributed by atoms with E-state index >= 15 is 0 Å². The van der Waals surface area contributed by atoms with Crippen molar-refractivity contribution in [1.29, 1.82) is 0 Å². The molecular formula is C13H13Br2N. The molecule has 1 aromatic carbocycles. The van der Waals surface area contributed by atoms with Gasteiger partial charge in [-0.1, -0.05) is 30.3 Å². The SMILES string of the molecule is Br.Cc1ccccc1Cc1cccc(Br)n1. The second kappa shape index (κ2) is 6.16. The highest BCUT2D eigenvalue weighted by Crippen LogP contribution is 2.13. The number of rotatable bonds is 2. The normalized spacial score (nSPS) is 9.62. The van der Waals surface area contributed by atoms with Gasteiger partial charge in [0.25, 0.3) is 0 Å². The highest BCUT2D eigenvalue weighted by molar-refractivity contribution is 9.10. The summed E-state index contributed by atoms with van der Waals surface area (Å²) in [4.78, 5) is 4.43. The third-order valence-corrected chi connectivity index (χ3v) is 2.85. The highest BCUT2D eigenvalue weighted by atomic mass is 79.9. The lowest BCUT2D eigenvalue weighted by atomic mass is 10.0. The van der Waals surface area contributed by atoms with E-state index < -0.39 is 0 Å². The van der Waals surface area contributed by atoms with Crippen LogP contribution in [0.4, 0.5) is 0 Å². The molecule has 0 saturated heterocycles. The molecule has 16 heavy (non-hydrogen) atoms. The number of aryl methyl sites for hydroxylation is 1. The number of nitrogens with zero attached hydrogens (tertiary/aromatic N) is 1. The van der Waals surface area contributed by atoms with Crippen molar-refractivity contribution in [3.63, 3.8) is 0 Å². The number of hydrogen-bond acceptors (Lipinski definition) is 1. The Morgan fingerprint density at radius 1 is 1.06 bits per heavy atom. The first-order valence-corrected chi connectivity index (χ1v) is 5.71. The Kier molecular flexibility index (Phi) is 5.16. The van der Waals surface area contributed by atoms with Crippen LogP contribution in [0, 0.1) is 6.92 Å². The van der Waals surface area contributed by atoms with Crippen LogP contribution in [-0.2, 0) is 6.42 Å². The first kappa shape index (κ1) is 13.4. The Labute approximate surface area is 115 Å². The largest absolute Gasteiger partial charge is 0.246 e. The first-order valence-electron chi connectivity index (χ1n) is 4.91. The van der Waals surface area contributed by atoms with E-state index in [9.17, 15) is 0 Å². The summed E-state index contributed by atoms with van der Waals surface area (Å²) in [7, 11) is 0. The number of pyridine rings is 1. The van der Waals surface area contributed by atoms with Gasteiger partial charge in [0, 0.05) is 12.1 Å². The average Bonchev–Trinajstić information content (AvgIpc) is 2.22. The molecule has 1 aromatic heterocycles. The Balaban J connectivity index is 0.00000128. The fourth-order valence-corrected chi connectivity index (χ4v) is 1.93. The van der Waals surface area contributed by atoms with Crippen LogP contribution in [-0.4, -0.2) is 4.98 Å². The molecule has 1 nitrogen and oxygen atoms in total. The van der Waals surface area contributed by atoms with Crippen molar-refractivity contribution in [3.05, 3.63) is 63.9 Å². The summed E-state index contributed by atoms with van der Waals surface area (Å²) in [6.07, 6.45) is 0.895. The molecule has 0 atom stereocenters. The fourth-order valence-electron chi connectivity index (χ4n) is 1.55. The summed E-state index contributed by atoms with van der Waals surface area (Å²) in [5.41, 5.74) is 3.75. The smallest absolute Gasteiger partial charge is 0.106 e. The Hall–Kier alpha value is -0.670. The topological polar surface area (TPSA) is 12.9 Å². The lowest BCUT2D eigenvalue weighted by molar-refractivity contribution is 1.04. The van der Waals surface area contributed by atoms with Gasteiger partial charge >= 0.3 is 0 Å². The van der Waals surface area contributed by atoms with E-state index in [0.29, 0.717) is 0 Å². The molecule has 0 aliphatic carbocycles. The van der Waals surface area contributed by atoms with Gasteiger partial charge in [-0.2, -0.15) is 0 Å². The van der Waals surface area contributed by atoms with Gasteiger partial charge in [0.05, 0.1) is 0 Å². The molecule has 0 unspecified atom stereocenters. The van der Waals surface area contributed by atoms with E-state index in [4.69, 9.17) is 0 Å². The summed E-state index contributed by atoms with van der Waals surface area (Å²) >= 11 is 3.38. The molecule has 0 aliphatic rings. The van der Waals surface area contributed by atoms with Crippen LogP contribution in [0.25, 0.3) is 0 Å². The van der Waals surface area contributed by atoms with E-state index in [-0.39, 0.29) is 17.0 Å². The van der Waals surface area contributed by atoms with Gasteiger partial charge in [0.1, 0.15) is 4.60 Å². The minimum absolute atomic E-state index is 0. The number of aromatic nitrogens is 1. The molecule has 2 aromatic rings. The van der Waals surface area contributed by atoms with Crippen molar-refractivity contribution in [1.82, 2.24) is 4.98 Å². The van der Waals surface area contributed by atoms with Gasteiger partial charge in [-0.3, -0.25) is 0 Å². The Bertz CT molecular complexity index is 469. The van der Waals surface area contributed by atoms with Crippen molar-refractivity contribution in [2.45, 2.75) is 13.3 Å². The molecule has 2 rings (SSSR count). The van der Waals surface area contributed by atoms with Crippen molar-refractivity contribution in [2.24, 2.45) is 0 Å². The molecule has 1 heterocycles. The van der Waals surface area contributed by atoms with Crippen LogP contribution < -0.4 is 0 Å². The molecule has 0 saturated carbocycles. The van der Waals surface area contributed by atoms with Gasteiger partial charge in [-0.25, -0.2) is 4.98 Å².